The van der Waals surface area contributed by atoms with Gasteiger partial charge in [-0.3, -0.25) is 4.79 Å². The molecule has 112 valence electrons. The molecule has 2 aromatic rings. The van der Waals surface area contributed by atoms with Crippen molar-refractivity contribution < 1.29 is 9.90 Å². The van der Waals surface area contributed by atoms with Crippen LogP contribution in [-0.4, -0.2) is 24.2 Å². The molecule has 0 aliphatic heterocycles. The number of thiophene rings is 1. The van der Waals surface area contributed by atoms with Crippen molar-refractivity contribution in [3.8, 4) is 0 Å². The second kappa shape index (κ2) is 5.76. The average molecular weight is 344 g/mol. The molecule has 3 rings (SSSR count). The summed E-state index contributed by atoms with van der Waals surface area (Å²) in [5.74, 6) is -0.151. The van der Waals surface area contributed by atoms with E-state index < -0.39 is 0 Å². The Hall–Kier alpha value is -0.810. The van der Waals surface area contributed by atoms with E-state index in [-0.39, 0.29) is 17.9 Å². The molecule has 0 spiro atoms. The van der Waals surface area contributed by atoms with Crippen molar-refractivity contribution in [2.75, 3.05) is 13.2 Å². The molecular weight excluding hydrogens is 329 g/mol. The second-order valence-electron chi connectivity index (χ2n) is 5.54. The van der Waals surface area contributed by atoms with Crippen LogP contribution in [0.15, 0.2) is 18.2 Å². The zero-order chi connectivity index (χ0) is 15.0. The SMILES string of the molecule is O=C(NCC1(CCO)CC1)c1sc2cc(Cl)ccc2c1Cl. The minimum Gasteiger partial charge on any atom is -0.396 e. The highest BCUT2D eigenvalue weighted by Gasteiger charge is 2.42. The van der Waals surface area contributed by atoms with Crippen molar-refractivity contribution in [2.24, 2.45) is 5.41 Å². The zero-order valence-corrected chi connectivity index (χ0v) is 13.6. The van der Waals surface area contributed by atoms with E-state index >= 15 is 0 Å². The molecule has 1 fully saturated rings. The van der Waals surface area contributed by atoms with E-state index in [0.717, 1.165) is 29.3 Å². The van der Waals surface area contributed by atoms with Crippen molar-refractivity contribution in [1.29, 1.82) is 0 Å². The van der Waals surface area contributed by atoms with Crippen LogP contribution in [0.3, 0.4) is 0 Å². The first-order valence-electron chi connectivity index (χ1n) is 6.81. The van der Waals surface area contributed by atoms with Crippen LogP contribution in [-0.2, 0) is 0 Å². The van der Waals surface area contributed by atoms with Crippen LogP contribution in [0.2, 0.25) is 10.0 Å². The molecule has 0 unspecified atom stereocenters. The Balaban J connectivity index is 1.77. The molecule has 6 heteroatoms. The normalized spacial score (nSPS) is 16.1. The third-order valence-electron chi connectivity index (χ3n) is 4.02. The second-order valence-corrected chi connectivity index (χ2v) is 7.41. The molecule has 0 radical (unpaired) electrons. The van der Waals surface area contributed by atoms with Crippen LogP contribution in [0.1, 0.15) is 28.9 Å². The smallest absolute Gasteiger partial charge is 0.262 e. The van der Waals surface area contributed by atoms with Gasteiger partial charge in [-0.15, -0.1) is 11.3 Å². The van der Waals surface area contributed by atoms with E-state index in [2.05, 4.69) is 5.32 Å². The lowest BCUT2D eigenvalue weighted by molar-refractivity contribution is 0.0945. The first-order valence-corrected chi connectivity index (χ1v) is 8.38. The summed E-state index contributed by atoms with van der Waals surface area (Å²) >= 11 is 13.6. The quantitative estimate of drug-likeness (QED) is 0.858. The van der Waals surface area contributed by atoms with E-state index in [1.807, 2.05) is 12.1 Å². The van der Waals surface area contributed by atoms with Crippen LogP contribution in [0.5, 0.6) is 0 Å². The summed E-state index contributed by atoms with van der Waals surface area (Å²) in [4.78, 5) is 12.8. The number of carbonyl (C=O) groups excluding carboxylic acids is 1. The van der Waals surface area contributed by atoms with Crippen LogP contribution < -0.4 is 5.32 Å². The molecular formula is C15H15Cl2NO2S. The summed E-state index contributed by atoms with van der Waals surface area (Å²) in [6, 6.07) is 5.42. The first kappa shape index (κ1) is 15.1. The first-order chi connectivity index (χ1) is 10.0. The summed E-state index contributed by atoms with van der Waals surface area (Å²) < 4.78 is 0.911. The molecule has 1 aromatic heterocycles. The summed E-state index contributed by atoms with van der Waals surface area (Å²) in [5.41, 5.74) is 0.0941. The molecule has 2 N–H and O–H groups in total. The molecule has 0 saturated heterocycles. The lowest BCUT2D eigenvalue weighted by Gasteiger charge is -2.14. The summed E-state index contributed by atoms with van der Waals surface area (Å²) in [5, 5.41) is 14.0. The van der Waals surface area contributed by atoms with Crippen molar-refractivity contribution >= 4 is 50.5 Å². The minimum absolute atomic E-state index is 0.0941. The van der Waals surface area contributed by atoms with Crippen LogP contribution in [0, 0.1) is 5.41 Å². The van der Waals surface area contributed by atoms with E-state index in [0.29, 0.717) is 21.5 Å². The number of aliphatic hydroxyl groups excluding tert-OH is 1. The molecule has 1 aliphatic carbocycles. The Morgan fingerprint density at radius 3 is 2.81 bits per heavy atom. The Morgan fingerprint density at radius 2 is 2.14 bits per heavy atom. The highest BCUT2D eigenvalue weighted by Crippen LogP contribution is 2.48. The van der Waals surface area contributed by atoms with E-state index in [1.165, 1.54) is 11.3 Å². The third kappa shape index (κ3) is 3.04. The third-order valence-corrected chi connectivity index (χ3v) is 5.91. The zero-order valence-electron chi connectivity index (χ0n) is 11.3. The number of amides is 1. The largest absolute Gasteiger partial charge is 0.396 e. The molecule has 1 saturated carbocycles. The fourth-order valence-electron chi connectivity index (χ4n) is 2.46. The van der Waals surface area contributed by atoms with Gasteiger partial charge < -0.3 is 10.4 Å². The number of halogens is 2. The fraction of sp³-hybridized carbons (Fsp3) is 0.400. The molecule has 1 amide bonds. The maximum Gasteiger partial charge on any atom is 0.262 e. The Kier molecular flexibility index (Phi) is 4.14. The summed E-state index contributed by atoms with van der Waals surface area (Å²) in [6.45, 7) is 0.760. The van der Waals surface area contributed by atoms with Gasteiger partial charge in [0.2, 0.25) is 0 Å². The monoisotopic (exact) mass is 343 g/mol. The van der Waals surface area contributed by atoms with Gasteiger partial charge in [0.1, 0.15) is 4.88 Å². The number of aliphatic hydroxyl groups is 1. The summed E-state index contributed by atoms with van der Waals surface area (Å²) in [6.07, 6.45) is 2.86. The Labute approximate surface area is 136 Å². The van der Waals surface area contributed by atoms with E-state index in [9.17, 15) is 4.79 Å². The van der Waals surface area contributed by atoms with Crippen molar-refractivity contribution in [3.05, 3.63) is 33.1 Å². The van der Waals surface area contributed by atoms with Crippen molar-refractivity contribution in [2.45, 2.75) is 19.3 Å². The average Bonchev–Trinajstić information content (AvgIpc) is 3.15. The van der Waals surface area contributed by atoms with Crippen LogP contribution >= 0.6 is 34.5 Å². The van der Waals surface area contributed by atoms with Crippen LogP contribution in [0.25, 0.3) is 10.1 Å². The number of carbonyl (C=O) groups is 1. The molecule has 1 aromatic carbocycles. The van der Waals surface area contributed by atoms with Gasteiger partial charge >= 0.3 is 0 Å². The fourth-order valence-corrected chi connectivity index (χ4v) is 4.17. The predicted octanol–water partition coefficient (Wildman–Crippen LogP) is 4.10. The standard InChI is InChI=1S/C15H15Cl2NO2S/c16-9-1-2-10-11(7-9)21-13(12(10)17)14(20)18-8-15(3-4-15)5-6-19/h1-2,7,19H,3-6,8H2,(H,18,20). The highest BCUT2D eigenvalue weighted by atomic mass is 35.5. The van der Waals surface area contributed by atoms with Gasteiger partial charge in [0.25, 0.3) is 5.91 Å². The number of hydrogen-bond donors (Lipinski definition) is 2. The summed E-state index contributed by atoms with van der Waals surface area (Å²) in [7, 11) is 0. The number of hydrogen-bond acceptors (Lipinski definition) is 3. The minimum atomic E-state index is -0.151. The maximum absolute atomic E-state index is 12.3. The molecule has 1 heterocycles. The highest BCUT2D eigenvalue weighted by molar-refractivity contribution is 7.21. The number of nitrogens with one attached hydrogen (secondary N) is 1. The predicted molar refractivity (Wildman–Crippen MR) is 87.5 cm³/mol. The van der Waals surface area contributed by atoms with Crippen molar-refractivity contribution in [3.63, 3.8) is 0 Å². The molecule has 21 heavy (non-hydrogen) atoms. The molecule has 3 nitrogen and oxygen atoms in total. The molecule has 1 aliphatic rings. The topological polar surface area (TPSA) is 49.3 Å². The molecule has 0 bridgehead atoms. The van der Waals surface area contributed by atoms with Gasteiger partial charge in [-0.25, -0.2) is 0 Å². The van der Waals surface area contributed by atoms with Gasteiger partial charge in [-0.1, -0.05) is 29.3 Å². The van der Waals surface area contributed by atoms with Gasteiger partial charge in [0.15, 0.2) is 0 Å². The van der Waals surface area contributed by atoms with Gasteiger partial charge in [-0.05, 0) is 36.8 Å². The van der Waals surface area contributed by atoms with E-state index in [4.69, 9.17) is 28.3 Å². The maximum atomic E-state index is 12.3. The lowest BCUT2D eigenvalue weighted by atomic mass is 10.0. The van der Waals surface area contributed by atoms with Gasteiger partial charge in [0.05, 0.1) is 5.02 Å². The molecule has 0 atom stereocenters. The lowest BCUT2D eigenvalue weighted by Crippen LogP contribution is -2.30. The van der Waals surface area contributed by atoms with E-state index in [1.54, 1.807) is 6.07 Å². The number of rotatable bonds is 5. The van der Waals surface area contributed by atoms with Crippen LogP contribution in [0.4, 0.5) is 0 Å². The Morgan fingerprint density at radius 1 is 1.38 bits per heavy atom. The number of fused-ring (bicyclic) bond motifs is 1. The van der Waals surface area contributed by atoms with Crippen molar-refractivity contribution in [1.82, 2.24) is 5.32 Å². The number of benzene rings is 1. The van der Waals surface area contributed by atoms with Gasteiger partial charge in [0, 0.05) is 28.3 Å². The Bertz CT molecular complexity index is 694. The van der Waals surface area contributed by atoms with Gasteiger partial charge in [-0.2, -0.15) is 0 Å².